The summed E-state index contributed by atoms with van der Waals surface area (Å²) in [7, 11) is 0. The van der Waals surface area contributed by atoms with E-state index in [9.17, 15) is 0 Å². The normalized spacial score (nSPS) is 36.0. The molecule has 0 bridgehead atoms. The molecule has 1 saturated carbocycles. The summed E-state index contributed by atoms with van der Waals surface area (Å²) >= 11 is 0. The van der Waals surface area contributed by atoms with Gasteiger partial charge < -0.3 is 4.90 Å². The molecule has 1 aliphatic carbocycles. The van der Waals surface area contributed by atoms with Crippen LogP contribution < -0.4 is 0 Å². The Labute approximate surface area is 82.5 Å². The monoisotopic (exact) mass is 181 g/mol. The summed E-state index contributed by atoms with van der Waals surface area (Å²) in [6.07, 6.45) is 1.48. The van der Waals surface area contributed by atoms with E-state index in [1.165, 1.54) is 26.1 Å². The standard InChI is InChI=1S/C12H23N/c1-9-5-10(9)6-13-7-11(8-13)12(2,3)4/h9-11H,5-8H2,1-4H3. The highest BCUT2D eigenvalue weighted by Crippen LogP contribution is 2.41. The Balaban J connectivity index is 1.67. The van der Waals surface area contributed by atoms with Crippen LogP contribution in [0.3, 0.4) is 0 Å². The van der Waals surface area contributed by atoms with Crippen LogP contribution in [0, 0.1) is 23.2 Å². The van der Waals surface area contributed by atoms with Gasteiger partial charge in [-0.3, -0.25) is 0 Å². The molecule has 0 aromatic rings. The highest BCUT2D eigenvalue weighted by molar-refractivity contribution is 4.92. The molecule has 1 nitrogen and oxygen atoms in total. The first-order valence-electron chi connectivity index (χ1n) is 5.69. The van der Waals surface area contributed by atoms with Crippen LogP contribution in [0.1, 0.15) is 34.1 Å². The zero-order chi connectivity index (χ0) is 9.64. The van der Waals surface area contributed by atoms with Crippen LogP contribution in [0.2, 0.25) is 0 Å². The molecule has 2 unspecified atom stereocenters. The summed E-state index contributed by atoms with van der Waals surface area (Å²) < 4.78 is 0. The lowest BCUT2D eigenvalue weighted by molar-refractivity contribution is 0.0209. The van der Waals surface area contributed by atoms with Gasteiger partial charge in [0, 0.05) is 19.6 Å². The minimum absolute atomic E-state index is 0.533. The van der Waals surface area contributed by atoms with Crippen molar-refractivity contribution in [3.8, 4) is 0 Å². The molecule has 2 rings (SSSR count). The third-order valence-corrected chi connectivity index (χ3v) is 3.95. The Hall–Kier alpha value is -0.0400. The maximum Gasteiger partial charge on any atom is 0.00272 e. The number of rotatable bonds is 2. The van der Waals surface area contributed by atoms with Gasteiger partial charge in [0.05, 0.1) is 0 Å². The van der Waals surface area contributed by atoms with Crippen LogP contribution in [0.5, 0.6) is 0 Å². The highest BCUT2D eigenvalue weighted by atomic mass is 15.2. The molecule has 0 spiro atoms. The molecule has 1 heteroatoms. The van der Waals surface area contributed by atoms with Crippen molar-refractivity contribution in [2.75, 3.05) is 19.6 Å². The van der Waals surface area contributed by atoms with Crippen molar-refractivity contribution in [1.82, 2.24) is 4.90 Å². The van der Waals surface area contributed by atoms with Gasteiger partial charge in [0.25, 0.3) is 0 Å². The Morgan fingerprint density at radius 3 is 2.15 bits per heavy atom. The predicted molar refractivity (Wildman–Crippen MR) is 56.7 cm³/mol. The molecule has 1 saturated heterocycles. The highest BCUT2D eigenvalue weighted by Gasteiger charge is 2.40. The second-order valence-electron chi connectivity index (χ2n) is 6.25. The van der Waals surface area contributed by atoms with Gasteiger partial charge in [-0.25, -0.2) is 0 Å². The fraction of sp³-hybridized carbons (Fsp3) is 1.00. The molecule has 1 heterocycles. The summed E-state index contributed by atoms with van der Waals surface area (Å²) in [6, 6.07) is 0. The SMILES string of the molecule is CC1CC1CN1CC(C(C)(C)C)C1. The summed E-state index contributed by atoms with van der Waals surface area (Å²) in [5.74, 6) is 3.01. The van der Waals surface area contributed by atoms with E-state index in [1.54, 1.807) is 0 Å². The van der Waals surface area contributed by atoms with E-state index in [1.807, 2.05) is 0 Å². The summed E-state index contributed by atoms with van der Waals surface area (Å²) in [6.45, 7) is 13.6. The van der Waals surface area contributed by atoms with E-state index in [-0.39, 0.29) is 0 Å². The molecule has 2 atom stereocenters. The first kappa shape index (κ1) is 9.51. The van der Waals surface area contributed by atoms with Gasteiger partial charge in [0.1, 0.15) is 0 Å². The third-order valence-electron chi connectivity index (χ3n) is 3.95. The van der Waals surface area contributed by atoms with Gasteiger partial charge in [-0.05, 0) is 29.6 Å². The zero-order valence-electron chi connectivity index (χ0n) is 9.51. The van der Waals surface area contributed by atoms with Gasteiger partial charge in [-0.2, -0.15) is 0 Å². The van der Waals surface area contributed by atoms with E-state index in [4.69, 9.17) is 0 Å². The summed E-state index contributed by atoms with van der Waals surface area (Å²) in [4.78, 5) is 2.64. The largest absolute Gasteiger partial charge is 0.302 e. The number of hydrogen-bond donors (Lipinski definition) is 0. The number of hydrogen-bond acceptors (Lipinski definition) is 1. The van der Waals surface area contributed by atoms with Crippen LogP contribution in [-0.4, -0.2) is 24.5 Å². The topological polar surface area (TPSA) is 3.24 Å². The molecule has 13 heavy (non-hydrogen) atoms. The molecule has 76 valence electrons. The average molecular weight is 181 g/mol. The van der Waals surface area contributed by atoms with E-state index in [2.05, 4.69) is 32.6 Å². The van der Waals surface area contributed by atoms with Crippen LogP contribution in [-0.2, 0) is 0 Å². The summed E-state index contributed by atoms with van der Waals surface area (Å²) in [5, 5.41) is 0. The van der Waals surface area contributed by atoms with Crippen molar-refractivity contribution >= 4 is 0 Å². The van der Waals surface area contributed by atoms with Crippen LogP contribution in [0.15, 0.2) is 0 Å². The third kappa shape index (κ3) is 2.07. The maximum atomic E-state index is 2.64. The minimum atomic E-state index is 0.533. The number of nitrogens with zero attached hydrogens (tertiary/aromatic N) is 1. The van der Waals surface area contributed by atoms with Crippen LogP contribution >= 0.6 is 0 Å². The lowest BCUT2D eigenvalue weighted by atomic mass is 9.76. The molecule has 0 N–H and O–H groups in total. The minimum Gasteiger partial charge on any atom is -0.302 e. The second-order valence-corrected chi connectivity index (χ2v) is 6.25. The Morgan fingerprint density at radius 1 is 1.23 bits per heavy atom. The van der Waals surface area contributed by atoms with Gasteiger partial charge in [0.2, 0.25) is 0 Å². The number of likely N-dealkylation sites (tertiary alicyclic amines) is 1. The van der Waals surface area contributed by atoms with Crippen molar-refractivity contribution in [3.05, 3.63) is 0 Å². The van der Waals surface area contributed by atoms with Gasteiger partial charge in [-0.15, -0.1) is 0 Å². The first-order valence-corrected chi connectivity index (χ1v) is 5.69. The summed E-state index contributed by atoms with van der Waals surface area (Å²) in [5.41, 5.74) is 0.533. The predicted octanol–water partition coefficient (Wildman–Crippen LogP) is 2.62. The molecule has 1 aliphatic heterocycles. The first-order chi connectivity index (χ1) is 5.97. The molecule has 0 radical (unpaired) electrons. The van der Waals surface area contributed by atoms with Crippen molar-refractivity contribution in [1.29, 1.82) is 0 Å². The van der Waals surface area contributed by atoms with E-state index >= 15 is 0 Å². The molecular formula is C12H23N. The smallest absolute Gasteiger partial charge is 0.00272 e. The fourth-order valence-electron chi connectivity index (χ4n) is 2.25. The second kappa shape index (κ2) is 2.98. The Bertz CT molecular complexity index is 186. The van der Waals surface area contributed by atoms with Crippen molar-refractivity contribution < 1.29 is 0 Å². The Kier molecular flexibility index (Phi) is 2.18. The zero-order valence-corrected chi connectivity index (χ0v) is 9.51. The molecule has 2 aliphatic rings. The fourth-order valence-corrected chi connectivity index (χ4v) is 2.25. The van der Waals surface area contributed by atoms with Gasteiger partial charge in [-0.1, -0.05) is 27.7 Å². The lowest BCUT2D eigenvalue weighted by Gasteiger charge is -2.46. The molecule has 2 fully saturated rings. The quantitative estimate of drug-likeness (QED) is 0.633. The van der Waals surface area contributed by atoms with E-state index < -0.39 is 0 Å². The van der Waals surface area contributed by atoms with Crippen molar-refractivity contribution in [2.24, 2.45) is 23.2 Å². The maximum absolute atomic E-state index is 2.64. The van der Waals surface area contributed by atoms with Crippen LogP contribution in [0.25, 0.3) is 0 Å². The Morgan fingerprint density at radius 2 is 1.77 bits per heavy atom. The molecular weight excluding hydrogens is 158 g/mol. The average Bonchev–Trinajstić information content (AvgIpc) is 2.53. The van der Waals surface area contributed by atoms with Crippen LogP contribution in [0.4, 0.5) is 0 Å². The van der Waals surface area contributed by atoms with Gasteiger partial charge in [0.15, 0.2) is 0 Å². The van der Waals surface area contributed by atoms with Gasteiger partial charge >= 0.3 is 0 Å². The molecule has 0 amide bonds. The molecule has 0 aromatic heterocycles. The lowest BCUT2D eigenvalue weighted by Crippen LogP contribution is -2.52. The van der Waals surface area contributed by atoms with E-state index in [0.717, 1.165) is 17.8 Å². The van der Waals surface area contributed by atoms with E-state index in [0.29, 0.717) is 5.41 Å². The molecule has 0 aromatic carbocycles. The van der Waals surface area contributed by atoms with Crippen molar-refractivity contribution in [3.63, 3.8) is 0 Å². The van der Waals surface area contributed by atoms with Crippen molar-refractivity contribution in [2.45, 2.75) is 34.1 Å².